The van der Waals surface area contributed by atoms with Crippen LogP contribution in [0.15, 0.2) is 36.7 Å². The van der Waals surface area contributed by atoms with E-state index in [-0.39, 0.29) is 11.6 Å². The van der Waals surface area contributed by atoms with Crippen molar-refractivity contribution in [3.05, 3.63) is 42.4 Å². The molecule has 0 radical (unpaired) electrons. The third-order valence-electron chi connectivity index (χ3n) is 1.55. The van der Waals surface area contributed by atoms with Crippen molar-refractivity contribution in [1.82, 2.24) is 15.2 Å². The number of H-pyrrole nitrogens is 1. The van der Waals surface area contributed by atoms with E-state index in [2.05, 4.69) is 15.2 Å². The van der Waals surface area contributed by atoms with Crippen LogP contribution in [-0.4, -0.2) is 21.2 Å². The molecular weight excluding hydrogens is 182 g/mol. The zero-order valence-corrected chi connectivity index (χ0v) is 7.18. The van der Waals surface area contributed by atoms with Gasteiger partial charge in [0.25, 0.3) is 0 Å². The number of esters is 1. The van der Waals surface area contributed by atoms with Gasteiger partial charge >= 0.3 is 5.97 Å². The number of nitrogens with one attached hydrogen (secondary N) is 1. The number of pyridine rings is 1. The molecule has 2 aromatic heterocycles. The van der Waals surface area contributed by atoms with E-state index in [1.54, 1.807) is 30.5 Å². The van der Waals surface area contributed by atoms with Crippen molar-refractivity contribution < 1.29 is 9.53 Å². The number of nitrogens with zero attached hydrogens (tertiary/aromatic N) is 2. The summed E-state index contributed by atoms with van der Waals surface area (Å²) in [6.07, 6.45) is 3.10. The summed E-state index contributed by atoms with van der Waals surface area (Å²) in [6, 6.07) is 6.58. The number of aromatic nitrogens is 3. The third-order valence-corrected chi connectivity index (χ3v) is 1.55. The lowest BCUT2D eigenvalue weighted by Gasteiger charge is -1.98. The van der Waals surface area contributed by atoms with E-state index in [1.165, 1.54) is 6.20 Å². The second-order valence-electron chi connectivity index (χ2n) is 2.52. The molecule has 0 fully saturated rings. The highest BCUT2D eigenvalue weighted by Gasteiger charge is 2.09. The molecule has 0 amide bonds. The first kappa shape index (κ1) is 8.43. The van der Waals surface area contributed by atoms with Crippen LogP contribution in [0, 0.1) is 0 Å². The second kappa shape index (κ2) is 3.69. The van der Waals surface area contributed by atoms with Crippen LogP contribution in [-0.2, 0) is 0 Å². The highest BCUT2D eigenvalue weighted by molar-refractivity contribution is 5.88. The molecule has 0 atom stereocenters. The molecule has 0 unspecified atom stereocenters. The number of hydrogen-bond acceptors (Lipinski definition) is 4. The van der Waals surface area contributed by atoms with Gasteiger partial charge in [0.05, 0.1) is 0 Å². The van der Waals surface area contributed by atoms with Gasteiger partial charge in [-0.25, -0.2) is 9.78 Å². The summed E-state index contributed by atoms with van der Waals surface area (Å²) in [5.41, 5.74) is 0.260. The Morgan fingerprint density at radius 2 is 2.29 bits per heavy atom. The fraction of sp³-hybridized carbons (Fsp3) is 0. The van der Waals surface area contributed by atoms with Gasteiger partial charge in [-0.1, -0.05) is 6.07 Å². The maximum Gasteiger partial charge on any atom is 0.363 e. The Balaban J connectivity index is 2.11. The van der Waals surface area contributed by atoms with E-state index in [1.807, 2.05) is 0 Å². The Bertz CT molecular complexity index is 411. The van der Waals surface area contributed by atoms with Crippen LogP contribution >= 0.6 is 0 Å². The highest BCUT2D eigenvalue weighted by Crippen LogP contribution is 2.05. The van der Waals surface area contributed by atoms with Gasteiger partial charge in [0.2, 0.25) is 5.88 Å². The summed E-state index contributed by atoms with van der Waals surface area (Å²) in [5.74, 6) is -0.279. The van der Waals surface area contributed by atoms with Crippen molar-refractivity contribution >= 4 is 5.97 Å². The standard InChI is InChI=1S/C9H7N3O2/c13-9(7-3-1-2-5-10-7)14-8-4-6-11-12-8/h1-6H,(H,11,12). The smallest absolute Gasteiger partial charge is 0.363 e. The Hall–Kier alpha value is -2.17. The maximum atomic E-state index is 11.4. The van der Waals surface area contributed by atoms with Crippen LogP contribution in [0.25, 0.3) is 0 Å². The topological polar surface area (TPSA) is 67.9 Å². The van der Waals surface area contributed by atoms with E-state index in [9.17, 15) is 4.79 Å². The Kier molecular flexibility index (Phi) is 2.22. The lowest BCUT2D eigenvalue weighted by molar-refractivity contribution is 0.0721. The SMILES string of the molecule is O=C(Oc1cc[nH]n1)c1ccccn1. The van der Waals surface area contributed by atoms with E-state index in [0.717, 1.165) is 0 Å². The van der Waals surface area contributed by atoms with Crippen molar-refractivity contribution in [3.63, 3.8) is 0 Å². The molecule has 14 heavy (non-hydrogen) atoms. The minimum atomic E-state index is -0.516. The molecule has 0 aromatic carbocycles. The van der Waals surface area contributed by atoms with Gasteiger partial charge in [0.1, 0.15) is 5.69 Å². The molecule has 0 aliphatic carbocycles. The Morgan fingerprint density at radius 3 is 2.93 bits per heavy atom. The van der Waals surface area contributed by atoms with Crippen LogP contribution < -0.4 is 4.74 Å². The van der Waals surface area contributed by atoms with Gasteiger partial charge in [0, 0.05) is 18.5 Å². The monoisotopic (exact) mass is 189 g/mol. The minimum absolute atomic E-state index is 0.237. The molecule has 70 valence electrons. The van der Waals surface area contributed by atoms with Gasteiger partial charge in [-0.2, -0.15) is 0 Å². The van der Waals surface area contributed by atoms with Gasteiger partial charge in [-0.05, 0) is 12.1 Å². The number of hydrogen-bond donors (Lipinski definition) is 1. The van der Waals surface area contributed by atoms with Crippen molar-refractivity contribution in [1.29, 1.82) is 0 Å². The molecular formula is C9H7N3O2. The lowest BCUT2D eigenvalue weighted by Crippen LogP contribution is -2.10. The summed E-state index contributed by atoms with van der Waals surface area (Å²) >= 11 is 0. The normalized spacial score (nSPS) is 9.71. The Morgan fingerprint density at radius 1 is 1.36 bits per heavy atom. The van der Waals surface area contributed by atoms with Gasteiger partial charge in [-0.15, -0.1) is 5.10 Å². The first-order valence-corrected chi connectivity index (χ1v) is 3.99. The van der Waals surface area contributed by atoms with Crippen molar-refractivity contribution in [2.45, 2.75) is 0 Å². The fourth-order valence-electron chi connectivity index (χ4n) is 0.934. The van der Waals surface area contributed by atoms with Gasteiger partial charge in [0.15, 0.2) is 0 Å². The summed E-state index contributed by atoms with van der Waals surface area (Å²) < 4.78 is 4.90. The first-order chi connectivity index (χ1) is 6.86. The van der Waals surface area contributed by atoms with E-state index < -0.39 is 5.97 Å². The largest absolute Gasteiger partial charge is 0.401 e. The van der Waals surface area contributed by atoms with E-state index >= 15 is 0 Å². The molecule has 2 heterocycles. The highest BCUT2D eigenvalue weighted by atomic mass is 16.5. The number of aromatic amines is 1. The van der Waals surface area contributed by atoms with Crippen molar-refractivity contribution in [2.24, 2.45) is 0 Å². The molecule has 0 spiro atoms. The zero-order valence-electron chi connectivity index (χ0n) is 7.18. The van der Waals surface area contributed by atoms with Crippen molar-refractivity contribution in [3.8, 4) is 5.88 Å². The zero-order chi connectivity index (χ0) is 9.80. The molecule has 1 N–H and O–H groups in total. The first-order valence-electron chi connectivity index (χ1n) is 3.99. The molecule has 0 saturated heterocycles. The van der Waals surface area contributed by atoms with Crippen LogP contribution in [0.4, 0.5) is 0 Å². The predicted molar refractivity (Wildman–Crippen MR) is 47.8 cm³/mol. The van der Waals surface area contributed by atoms with Crippen LogP contribution in [0.3, 0.4) is 0 Å². The summed E-state index contributed by atoms with van der Waals surface area (Å²) in [7, 11) is 0. The average Bonchev–Trinajstić information content (AvgIpc) is 2.72. The third kappa shape index (κ3) is 1.77. The number of rotatable bonds is 2. The summed E-state index contributed by atoms with van der Waals surface area (Å²) in [6.45, 7) is 0. The van der Waals surface area contributed by atoms with E-state index in [0.29, 0.717) is 0 Å². The molecule has 0 bridgehead atoms. The fourth-order valence-corrected chi connectivity index (χ4v) is 0.934. The second-order valence-corrected chi connectivity index (χ2v) is 2.52. The molecule has 0 saturated carbocycles. The van der Waals surface area contributed by atoms with Crippen LogP contribution in [0.1, 0.15) is 10.5 Å². The molecule has 5 heteroatoms. The molecule has 2 rings (SSSR count). The average molecular weight is 189 g/mol. The number of carbonyl (C=O) groups excluding carboxylic acids is 1. The van der Waals surface area contributed by atoms with Gasteiger partial charge in [-0.3, -0.25) is 5.10 Å². The molecule has 5 nitrogen and oxygen atoms in total. The predicted octanol–water partition coefficient (Wildman–Crippen LogP) is 1.02. The molecule has 0 aliphatic heterocycles. The maximum absolute atomic E-state index is 11.4. The number of carbonyl (C=O) groups is 1. The molecule has 2 aromatic rings. The number of ether oxygens (including phenoxy) is 1. The van der Waals surface area contributed by atoms with Crippen molar-refractivity contribution in [2.75, 3.05) is 0 Å². The Labute approximate surface area is 79.7 Å². The summed E-state index contributed by atoms with van der Waals surface area (Å²) in [4.78, 5) is 15.2. The quantitative estimate of drug-likeness (QED) is 0.716. The lowest BCUT2D eigenvalue weighted by atomic mass is 10.4. The van der Waals surface area contributed by atoms with E-state index in [4.69, 9.17) is 4.74 Å². The molecule has 0 aliphatic rings. The van der Waals surface area contributed by atoms with Gasteiger partial charge < -0.3 is 4.74 Å². The summed E-state index contributed by atoms with van der Waals surface area (Å²) in [5, 5.41) is 6.22. The van der Waals surface area contributed by atoms with Crippen LogP contribution in [0.5, 0.6) is 5.88 Å². The minimum Gasteiger partial charge on any atom is -0.401 e. The van der Waals surface area contributed by atoms with Crippen LogP contribution in [0.2, 0.25) is 0 Å².